The molecule has 0 aromatic heterocycles. The van der Waals surface area contributed by atoms with Crippen molar-refractivity contribution < 1.29 is 18.7 Å². The van der Waals surface area contributed by atoms with E-state index < -0.39 is 29.3 Å². The summed E-state index contributed by atoms with van der Waals surface area (Å²) < 4.78 is 27.2. The minimum Gasteiger partial charge on any atom is -0.386 e. The Labute approximate surface area is 139 Å². The highest BCUT2D eigenvalue weighted by Gasteiger charge is 2.18. The Hall–Kier alpha value is -2.47. The van der Waals surface area contributed by atoms with Crippen LogP contribution in [0.15, 0.2) is 42.5 Å². The van der Waals surface area contributed by atoms with Gasteiger partial charge in [-0.2, -0.15) is 0 Å². The van der Waals surface area contributed by atoms with Gasteiger partial charge in [0.05, 0.1) is 5.56 Å². The molecule has 6 heteroatoms. The van der Waals surface area contributed by atoms with Crippen molar-refractivity contribution in [3.05, 3.63) is 65.2 Å². The van der Waals surface area contributed by atoms with Gasteiger partial charge in [0.2, 0.25) is 0 Å². The largest absolute Gasteiger partial charge is 0.386 e. The summed E-state index contributed by atoms with van der Waals surface area (Å²) >= 11 is 0. The Bertz CT molecular complexity index is 687. The van der Waals surface area contributed by atoms with E-state index in [4.69, 9.17) is 0 Å². The van der Waals surface area contributed by atoms with Crippen molar-refractivity contribution in [2.24, 2.45) is 0 Å². The Morgan fingerprint density at radius 3 is 2.46 bits per heavy atom. The Kier molecular flexibility index (Phi) is 6.26. The molecule has 0 aliphatic carbocycles. The van der Waals surface area contributed by atoms with Gasteiger partial charge in [-0.3, -0.25) is 0 Å². The minimum absolute atomic E-state index is 0.306. The van der Waals surface area contributed by atoms with Crippen LogP contribution in [0.1, 0.15) is 30.6 Å². The topological polar surface area (TPSA) is 61.4 Å². The number of hydrogen-bond donors (Lipinski definition) is 3. The number of aliphatic hydroxyl groups is 1. The maximum absolute atomic E-state index is 13.6. The van der Waals surface area contributed by atoms with E-state index in [1.54, 1.807) is 12.1 Å². The lowest BCUT2D eigenvalue weighted by Gasteiger charge is -2.15. The van der Waals surface area contributed by atoms with Crippen molar-refractivity contribution in [2.75, 3.05) is 11.9 Å². The Morgan fingerprint density at radius 1 is 1.12 bits per heavy atom. The van der Waals surface area contributed by atoms with Crippen LogP contribution in [0.4, 0.5) is 19.3 Å². The molecule has 2 aromatic rings. The van der Waals surface area contributed by atoms with Crippen LogP contribution in [0, 0.1) is 11.6 Å². The summed E-state index contributed by atoms with van der Waals surface area (Å²) in [5.74, 6) is -1.70. The summed E-state index contributed by atoms with van der Waals surface area (Å²) in [4.78, 5) is 12.0. The van der Waals surface area contributed by atoms with Gasteiger partial charge in [-0.25, -0.2) is 13.6 Å². The van der Waals surface area contributed by atoms with Crippen molar-refractivity contribution in [3.63, 3.8) is 0 Å². The molecular weight excluding hydrogens is 314 g/mol. The van der Waals surface area contributed by atoms with Gasteiger partial charge in [-0.05, 0) is 30.2 Å². The molecule has 128 valence electrons. The molecule has 24 heavy (non-hydrogen) atoms. The van der Waals surface area contributed by atoms with Crippen molar-refractivity contribution >= 4 is 11.7 Å². The molecule has 0 saturated carbocycles. The van der Waals surface area contributed by atoms with Crippen molar-refractivity contribution in [3.8, 4) is 0 Å². The van der Waals surface area contributed by atoms with E-state index in [2.05, 4.69) is 10.6 Å². The normalized spacial score (nSPS) is 11.8. The fraction of sp³-hybridized carbons (Fsp3) is 0.278. The first kappa shape index (κ1) is 17.9. The molecule has 0 heterocycles. The fourth-order valence-electron chi connectivity index (χ4n) is 2.42. The molecular formula is C18H20F2N2O2. The zero-order valence-corrected chi connectivity index (χ0v) is 13.4. The number of aryl methyl sites for hydroxylation is 1. The first-order valence-corrected chi connectivity index (χ1v) is 7.77. The highest BCUT2D eigenvalue weighted by molar-refractivity contribution is 5.90. The highest BCUT2D eigenvalue weighted by atomic mass is 19.1. The molecule has 2 aromatic carbocycles. The second-order valence-electron chi connectivity index (χ2n) is 5.39. The first-order chi connectivity index (χ1) is 11.5. The van der Waals surface area contributed by atoms with E-state index in [1.807, 2.05) is 19.1 Å². The number of aliphatic hydroxyl groups excluding tert-OH is 1. The number of carbonyl (C=O) groups excluding carboxylic acids is 1. The van der Waals surface area contributed by atoms with Crippen molar-refractivity contribution in [1.29, 1.82) is 0 Å². The average molecular weight is 334 g/mol. The van der Waals surface area contributed by atoms with Gasteiger partial charge < -0.3 is 15.7 Å². The standard InChI is InChI=1S/C18H20F2N2O2/c1-2-6-12-7-3-4-10-15(12)22-18(24)21-11-16(23)17-13(19)8-5-9-14(17)20/h3-5,7-10,16,23H,2,6,11H2,1H3,(H2,21,22,24). The molecule has 0 bridgehead atoms. The third-order valence-corrected chi connectivity index (χ3v) is 3.57. The maximum Gasteiger partial charge on any atom is 0.319 e. The molecule has 2 amide bonds. The van der Waals surface area contributed by atoms with E-state index in [1.165, 1.54) is 6.07 Å². The van der Waals surface area contributed by atoms with Gasteiger partial charge in [0.15, 0.2) is 0 Å². The highest BCUT2D eigenvalue weighted by Crippen LogP contribution is 2.20. The predicted molar refractivity (Wildman–Crippen MR) is 88.8 cm³/mol. The number of hydrogen-bond acceptors (Lipinski definition) is 2. The van der Waals surface area contributed by atoms with Crippen LogP contribution in [-0.2, 0) is 6.42 Å². The lowest BCUT2D eigenvalue weighted by atomic mass is 10.1. The maximum atomic E-state index is 13.6. The summed E-state index contributed by atoms with van der Waals surface area (Å²) in [6, 6.07) is 10.2. The second-order valence-corrected chi connectivity index (χ2v) is 5.39. The van der Waals surface area contributed by atoms with E-state index >= 15 is 0 Å². The molecule has 1 atom stereocenters. The van der Waals surface area contributed by atoms with Crippen LogP contribution in [0.5, 0.6) is 0 Å². The van der Waals surface area contributed by atoms with Crippen LogP contribution in [-0.4, -0.2) is 17.7 Å². The van der Waals surface area contributed by atoms with Gasteiger partial charge in [-0.1, -0.05) is 37.6 Å². The zero-order valence-electron chi connectivity index (χ0n) is 13.4. The molecule has 3 N–H and O–H groups in total. The molecule has 1 unspecified atom stereocenters. The van der Waals surface area contributed by atoms with Crippen molar-refractivity contribution in [2.45, 2.75) is 25.9 Å². The summed E-state index contributed by atoms with van der Waals surface area (Å²) in [5, 5.41) is 15.0. The third kappa shape index (κ3) is 4.52. The zero-order chi connectivity index (χ0) is 17.5. The number of benzene rings is 2. The lowest BCUT2D eigenvalue weighted by Crippen LogP contribution is -2.33. The van der Waals surface area contributed by atoms with E-state index in [9.17, 15) is 18.7 Å². The number of anilines is 1. The summed E-state index contributed by atoms with van der Waals surface area (Å²) in [5.41, 5.74) is 1.21. The Balaban J connectivity index is 1.96. The molecule has 0 spiro atoms. The molecule has 0 saturated heterocycles. The molecule has 0 fully saturated rings. The number of rotatable bonds is 6. The number of halogens is 2. The quantitative estimate of drug-likeness (QED) is 0.753. The van der Waals surface area contributed by atoms with Crippen molar-refractivity contribution in [1.82, 2.24) is 5.32 Å². The average Bonchev–Trinajstić information content (AvgIpc) is 2.55. The summed E-state index contributed by atoms with van der Waals surface area (Å²) in [7, 11) is 0. The monoisotopic (exact) mass is 334 g/mol. The van der Waals surface area contributed by atoms with Crippen LogP contribution in [0.3, 0.4) is 0 Å². The summed E-state index contributed by atoms with van der Waals surface area (Å²) in [6.07, 6.45) is 0.285. The molecule has 0 aliphatic rings. The first-order valence-electron chi connectivity index (χ1n) is 7.77. The number of carbonyl (C=O) groups is 1. The van der Waals surface area contributed by atoms with Gasteiger partial charge in [-0.15, -0.1) is 0 Å². The summed E-state index contributed by atoms with van der Waals surface area (Å²) in [6.45, 7) is 1.73. The van der Waals surface area contributed by atoms with E-state index in [0.717, 1.165) is 30.5 Å². The SMILES string of the molecule is CCCc1ccccc1NC(=O)NCC(O)c1c(F)cccc1F. The van der Waals surface area contributed by atoms with E-state index in [0.29, 0.717) is 5.69 Å². The second kappa shape index (κ2) is 8.40. The fourth-order valence-corrected chi connectivity index (χ4v) is 2.42. The van der Waals surface area contributed by atoms with Gasteiger partial charge >= 0.3 is 6.03 Å². The number of para-hydroxylation sites is 1. The molecule has 2 rings (SSSR count). The minimum atomic E-state index is -1.47. The van der Waals surface area contributed by atoms with Gasteiger partial charge in [0, 0.05) is 12.2 Å². The number of amides is 2. The van der Waals surface area contributed by atoms with Crippen LogP contribution < -0.4 is 10.6 Å². The number of urea groups is 1. The molecule has 0 aliphatic heterocycles. The van der Waals surface area contributed by atoms with E-state index in [-0.39, 0.29) is 6.54 Å². The van der Waals surface area contributed by atoms with Crippen LogP contribution >= 0.6 is 0 Å². The lowest BCUT2D eigenvalue weighted by molar-refractivity contribution is 0.166. The molecule has 0 radical (unpaired) electrons. The van der Waals surface area contributed by atoms with Gasteiger partial charge in [0.25, 0.3) is 0 Å². The molecule has 4 nitrogen and oxygen atoms in total. The van der Waals surface area contributed by atoms with Crippen LogP contribution in [0.25, 0.3) is 0 Å². The predicted octanol–water partition coefficient (Wildman–Crippen LogP) is 3.77. The van der Waals surface area contributed by atoms with Gasteiger partial charge in [0.1, 0.15) is 17.7 Å². The third-order valence-electron chi connectivity index (χ3n) is 3.57. The van der Waals surface area contributed by atoms with Crippen LogP contribution in [0.2, 0.25) is 0 Å². The number of nitrogens with one attached hydrogen (secondary N) is 2. The smallest absolute Gasteiger partial charge is 0.319 e. The Morgan fingerprint density at radius 2 is 1.79 bits per heavy atom.